The molecule has 0 bridgehead atoms. The summed E-state index contributed by atoms with van der Waals surface area (Å²) < 4.78 is 16.3. The average Bonchev–Trinajstić information content (AvgIpc) is 2.95. The van der Waals surface area contributed by atoms with Gasteiger partial charge in [-0.15, -0.1) is 0 Å². The number of fused-ring (bicyclic) bond motifs is 1. The molecule has 1 aliphatic heterocycles. The molecule has 118 valence electrons. The zero-order chi connectivity index (χ0) is 16.6. The molecule has 1 N–H and O–H groups in total. The maximum Gasteiger partial charge on any atom is 0.354 e. The van der Waals surface area contributed by atoms with Crippen LogP contribution in [-0.4, -0.2) is 38.6 Å². The highest BCUT2D eigenvalue weighted by Gasteiger charge is 2.35. The lowest BCUT2D eigenvalue weighted by Crippen LogP contribution is -2.26. The quantitative estimate of drug-likeness (QED) is 0.667. The minimum atomic E-state index is -1.02. The molecule has 2 heterocycles. The second-order valence-electron chi connectivity index (χ2n) is 5.40. The van der Waals surface area contributed by atoms with Gasteiger partial charge in [0.2, 0.25) is 0 Å². The standard InChI is InChI=1S/C16H16BNO5/c1-3-21-15(20)12-8-13(19)10-6-9(17)7-11(14(10)18-12)16(2)22-4-5-23-16/h6-8H,3-5H2,1-2H3,(H,18,19). The van der Waals surface area contributed by atoms with Gasteiger partial charge >= 0.3 is 5.97 Å². The molecule has 0 unspecified atom stereocenters. The number of carbonyl (C=O) groups is 1. The highest BCUT2D eigenvalue weighted by molar-refractivity contribution is 6.33. The summed E-state index contributed by atoms with van der Waals surface area (Å²) in [6.45, 7) is 4.55. The number of hydrogen-bond donors (Lipinski definition) is 1. The lowest BCUT2D eigenvalue weighted by atomic mass is 9.89. The van der Waals surface area contributed by atoms with Crippen molar-refractivity contribution in [3.05, 3.63) is 39.7 Å². The number of aromatic amines is 1. The van der Waals surface area contributed by atoms with Crippen LogP contribution in [0.25, 0.3) is 10.9 Å². The summed E-state index contributed by atoms with van der Waals surface area (Å²) in [6.07, 6.45) is 0. The van der Waals surface area contributed by atoms with Gasteiger partial charge in [0.25, 0.3) is 0 Å². The molecule has 1 aromatic heterocycles. The molecule has 0 aliphatic carbocycles. The fourth-order valence-electron chi connectivity index (χ4n) is 2.72. The van der Waals surface area contributed by atoms with Crippen molar-refractivity contribution in [2.24, 2.45) is 0 Å². The lowest BCUT2D eigenvalue weighted by Gasteiger charge is -2.25. The molecule has 0 saturated carbocycles. The molecule has 0 amide bonds. The largest absolute Gasteiger partial charge is 0.461 e. The van der Waals surface area contributed by atoms with E-state index in [1.807, 2.05) is 0 Å². The van der Waals surface area contributed by atoms with Crippen molar-refractivity contribution < 1.29 is 19.0 Å². The molecule has 6 nitrogen and oxygen atoms in total. The number of ether oxygens (including phenoxy) is 3. The van der Waals surface area contributed by atoms with Crippen molar-refractivity contribution >= 4 is 30.2 Å². The zero-order valence-corrected chi connectivity index (χ0v) is 13.0. The van der Waals surface area contributed by atoms with Crippen LogP contribution in [0.5, 0.6) is 0 Å². The lowest BCUT2D eigenvalue weighted by molar-refractivity contribution is -0.148. The normalized spacial score (nSPS) is 16.6. The van der Waals surface area contributed by atoms with Crippen LogP contribution in [0, 0.1) is 0 Å². The fraction of sp³-hybridized carbons (Fsp3) is 0.375. The molecule has 0 atom stereocenters. The smallest absolute Gasteiger partial charge is 0.354 e. The van der Waals surface area contributed by atoms with Crippen LogP contribution >= 0.6 is 0 Å². The molecular weight excluding hydrogens is 297 g/mol. The van der Waals surface area contributed by atoms with E-state index >= 15 is 0 Å². The number of nitrogens with one attached hydrogen (secondary N) is 1. The van der Waals surface area contributed by atoms with Crippen LogP contribution in [0.2, 0.25) is 0 Å². The summed E-state index contributed by atoms with van der Waals surface area (Å²) in [5, 5.41) is 0.369. The summed E-state index contributed by atoms with van der Waals surface area (Å²) in [5.74, 6) is -1.61. The number of benzene rings is 1. The van der Waals surface area contributed by atoms with Gasteiger partial charge in [0.1, 0.15) is 13.5 Å². The maximum absolute atomic E-state index is 12.4. The van der Waals surface area contributed by atoms with Gasteiger partial charge in [-0.05, 0) is 13.8 Å². The van der Waals surface area contributed by atoms with Crippen molar-refractivity contribution in [1.29, 1.82) is 0 Å². The third-order valence-corrected chi connectivity index (χ3v) is 3.78. The van der Waals surface area contributed by atoms with E-state index < -0.39 is 11.8 Å². The molecule has 2 aromatic rings. The van der Waals surface area contributed by atoms with Crippen LogP contribution < -0.4 is 10.9 Å². The van der Waals surface area contributed by atoms with E-state index in [0.717, 1.165) is 0 Å². The number of pyridine rings is 1. The molecule has 1 aromatic carbocycles. The van der Waals surface area contributed by atoms with E-state index in [9.17, 15) is 9.59 Å². The van der Waals surface area contributed by atoms with Crippen molar-refractivity contribution in [2.75, 3.05) is 19.8 Å². The molecule has 7 heteroatoms. The van der Waals surface area contributed by atoms with E-state index in [2.05, 4.69) is 4.98 Å². The van der Waals surface area contributed by atoms with E-state index in [1.165, 1.54) is 6.07 Å². The van der Waals surface area contributed by atoms with Crippen LogP contribution in [0.3, 0.4) is 0 Å². The predicted octanol–water partition coefficient (Wildman–Crippen LogP) is 0.718. The summed E-state index contributed by atoms with van der Waals surface area (Å²) in [5.41, 5.74) is 1.21. The Labute approximate surface area is 134 Å². The number of rotatable bonds is 3. The highest BCUT2D eigenvalue weighted by Crippen LogP contribution is 2.33. The third-order valence-electron chi connectivity index (χ3n) is 3.78. The number of hydrogen-bond acceptors (Lipinski definition) is 5. The van der Waals surface area contributed by atoms with Gasteiger partial charge in [-0.3, -0.25) is 4.79 Å². The molecule has 1 saturated heterocycles. The Morgan fingerprint density at radius 1 is 1.35 bits per heavy atom. The van der Waals surface area contributed by atoms with Crippen LogP contribution in [-0.2, 0) is 20.0 Å². The van der Waals surface area contributed by atoms with Gasteiger partial charge < -0.3 is 19.2 Å². The minimum absolute atomic E-state index is 0.0805. The third kappa shape index (κ3) is 2.77. The van der Waals surface area contributed by atoms with Crippen LogP contribution in [0.1, 0.15) is 29.9 Å². The topological polar surface area (TPSA) is 77.6 Å². The van der Waals surface area contributed by atoms with Crippen LogP contribution in [0.4, 0.5) is 0 Å². The SMILES string of the molecule is [B]c1cc(C2(C)OCCO2)c2[nH]c(C(=O)OCC)cc(=O)c2c1. The van der Waals surface area contributed by atoms with E-state index in [4.69, 9.17) is 22.1 Å². The van der Waals surface area contributed by atoms with Crippen molar-refractivity contribution in [3.63, 3.8) is 0 Å². The Morgan fingerprint density at radius 2 is 2.04 bits per heavy atom. The summed E-state index contributed by atoms with van der Waals surface area (Å²) in [7, 11) is 5.91. The Morgan fingerprint density at radius 3 is 2.70 bits per heavy atom. The first-order chi connectivity index (χ1) is 10.9. The minimum Gasteiger partial charge on any atom is -0.461 e. The van der Waals surface area contributed by atoms with Gasteiger partial charge in [0, 0.05) is 17.0 Å². The second kappa shape index (κ2) is 5.83. The highest BCUT2D eigenvalue weighted by atomic mass is 16.7. The Bertz CT molecular complexity index is 823. The first kappa shape index (κ1) is 15.8. The predicted molar refractivity (Wildman–Crippen MR) is 85.2 cm³/mol. The van der Waals surface area contributed by atoms with Gasteiger partial charge in [-0.1, -0.05) is 17.6 Å². The molecule has 23 heavy (non-hydrogen) atoms. The zero-order valence-electron chi connectivity index (χ0n) is 13.0. The first-order valence-electron chi connectivity index (χ1n) is 7.36. The first-order valence-corrected chi connectivity index (χ1v) is 7.36. The Balaban J connectivity index is 2.27. The Kier molecular flexibility index (Phi) is 4.00. The monoisotopic (exact) mass is 313 g/mol. The number of carbonyl (C=O) groups excluding carboxylic acids is 1. The average molecular weight is 313 g/mol. The molecule has 2 radical (unpaired) electrons. The van der Waals surface area contributed by atoms with Gasteiger partial charge in [-0.25, -0.2) is 4.79 Å². The molecule has 1 aliphatic rings. The van der Waals surface area contributed by atoms with E-state index in [-0.39, 0.29) is 17.7 Å². The van der Waals surface area contributed by atoms with Crippen molar-refractivity contribution in [3.8, 4) is 0 Å². The Hall–Kier alpha value is -2.12. The summed E-state index contributed by atoms with van der Waals surface area (Å²) in [6, 6.07) is 4.45. The summed E-state index contributed by atoms with van der Waals surface area (Å²) >= 11 is 0. The number of H-pyrrole nitrogens is 1. The van der Waals surface area contributed by atoms with Gasteiger partial charge in [0.15, 0.2) is 11.2 Å². The van der Waals surface area contributed by atoms with Crippen molar-refractivity contribution in [1.82, 2.24) is 4.98 Å². The number of esters is 1. The summed E-state index contributed by atoms with van der Waals surface area (Å²) in [4.78, 5) is 27.3. The fourth-order valence-corrected chi connectivity index (χ4v) is 2.72. The number of aromatic nitrogens is 1. The molecule has 1 fully saturated rings. The molecular formula is C16H16BNO5. The van der Waals surface area contributed by atoms with Gasteiger partial charge in [-0.2, -0.15) is 0 Å². The van der Waals surface area contributed by atoms with Crippen LogP contribution in [0.15, 0.2) is 23.0 Å². The van der Waals surface area contributed by atoms with E-state index in [1.54, 1.807) is 26.0 Å². The molecule has 0 spiro atoms. The second-order valence-corrected chi connectivity index (χ2v) is 5.40. The van der Waals surface area contributed by atoms with Crippen molar-refractivity contribution in [2.45, 2.75) is 19.6 Å². The van der Waals surface area contributed by atoms with E-state index in [0.29, 0.717) is 35.1 Å². The van der Waals surface area contributed by atoms with Gasteiger partial charge in [0.05, 0.1) is 25.3 Å². The molecule has 3 rings (SSSR count). The maximum atomic E-state index is 12.4.